The zero-order chi connectivity index (χ0) is 19.6. The average molecular weight is 375 g/mol. The molecule has 0 spiro atoms. The van der Waals surface area contributed by atoms with Gasteiger partial charge in [-0.2, -0.15) is 0 Å². The van der Waals surface area contributed by atoms with Gasteiger partial charge in [0.2, 0.25) is 11.8 Å². The third kappa shape index (κ3) is 7.21. The summed E-state index contributed by atoms with van der Waals surface area (Å²) in [4.78, 5) is 30.3. The molecule has 0 saturated carbocycles. The molecule has 0 aromatic heterocycles. The van der Waals surface area contributed by atoms with Gasteiger partial charge in [0.1, 0.15) is 0 Å². The van der Waals surface area contributed by atoms with Crippen LogP contribution in [0.1, 0.15) is 39.0 Å². The highest BCUT2D eigenvalue weighted by atomic mass is 16.2. The van der Waals surface area contributed by atoms with Gasteiger partial charge in [0, 0.05) is 50.9 Å². The first-order chi connectivity index (χ1) is 13.0. The molecule has 1 fully saturated rings. The molecule has 1 heterocycles. The lowest BCUT2D eigenvalue weighted by Crippen LogP contribution is -2.34. The molecule has 1 N–H and O–H groups in total. The third-order valence-corrected chi connectivity index (χ3v) is 4.93. The van der Waals surface area contributed by atoms with Gasteiger partial charge in [-0.05, 0) is 70.6 Å². The minimum atomic E-state index is -0.0406. The molecule has 6 nitrogen and oxygen atoms in total. The molecule has 1 aromatic carbocycles. The Morgan fingerprint density at radius 2 is 1.70 bits per heavy atom. The van der Waals surface area contributed by atoms with Crippen molar-refractivity contribution in [3.05, 3.63) is 24.3 Å². The number of anilines is 2. The lowest BCUT2D eigenvalue weighted by Gasteiger charge is -2.29. The molecule has 1 aliphatic heterocycles. The van der Waals surface area contributed by atoms with Crippen LogP contribution in [0.25, 0.3) is 0 Å². The first-order valence-corrected chi connectivity index (χ1v) is 10.0. The van der Waals surface area contributed by atoms with Crippen molar-refractivity contribution < 1.29 is 9.59 Å². The fourth-order valence-electron chi connectivity index (χ4n) is 3.39. The van der Waals surface area contributed by atoms with Gasteiger partial charge >= 0.3 is 0 Å². The maximum Gasteiger partial charge on any atom is 0.223 e. The van der Waals surface area contributed by atoms with E-state index in [2.05, 4.69) is 27.2 Å². The van der Waals surface area contributed by atoms with E-state index in [1.165, 1.54) is 24.9 Å². The number of nitrogens with one attached hydrogen (secondary N) is 1. The molecular formula is C21H34N4O2. The van der Waals surface area contributed by atoms with Crippen molar-refractivity contribution in [3.8, 4) is 0 Å². The molecule has 2 rings (SSSR count). The fourth-order valence-corrected chi connectivity index (χ4v) is 3.39. The number of benzene rings is 1. The largest absolute Gasteiger partial charge is 0.372 e. The van der Waals surface area contributed by atoms with Gasteiger partial charge in [-0.15, -0.1) is 0 Å². The summed E-state index contributed by atoms with van der Waals surface area (Å²) in [5.41, 5.74) is 2.06. The summed E-state index contributed by atoms with van der Waals surface area (Å²) in [7, 11) is 4.03. The van der Waals surface area contributed by atoms with Crippen LogP contribution in [0.5, 0.6) is 0 Å². The maximum absolute atomic E-state index is 12.1. The molecule has 0 unspecified atom stereocenters. The van der Waals surface area contributed by atoms with E-state index < -0.39 is 0 Å². The Bertz CT molecular complexity index is 595. The van der Waals surface area contributed by atoms with E-state index in [0.717, 1.165) is 31.7 Å². The SMILES string of the molecule is CC(=O)N(CCC(=O)NCCCN(C)C)c1ccc(N2CCCCC2)cc1. The summed E-state index contributed by atoms with van der Waals surface area (Å²) in [6, 6.07) is 8.14. The normalized spacial score (nSPS) is 14.3. The molecule has 0 radical (unpaired) electrons. The predicted octanol–water partition coefficient (Wildman–Crippen LogP) is 2.49. The summed E-state index contributed by atoms with van der Waals surface area (Å²) in [5.74, 6) is -0.0499. The summed E-state index contributed by atoms with van der Waals surface area (Å²) in [6.07, 6.45) is 5.03. The molecule has 1 aromatic rings. The van der Waals surface area contributed by atoms with Gasteiger partial charge in [0.05, 0.1) is 0 Å². The van der Waals surface area contributed by atoms with Crippen molar-refractivity contribution in [1.82, 2.24) is 10.2 Å². The van der Waals surface area contributed by atoms with Crippen LogP contribution in [-0.4, -0.2) is 63.5 Å². The van der Waals surface area contributed by atoms with Gasteiger partial charge in [0.15, 0.2) is 0 Å². The lowest BCUT2D eigenvalue weighted by atomic mass is 10.1. The number of carbonyl (C=O) groups excluding carboxylic acids is 2. The van der Waals surface area contributed by atoms with E-state index in [9.17, 15) is 9.59 Å². The Morgan fingerprint density at radius 3 is 2.30 bits per heavy atom. The molecule has 6 heteroatoms. The van der Waals surface area contributed by atoms with Crippen molar-refractivity contribution >= 4 is 23.2 Å². The van der Waals surface area contributed by atoms with Crippen LogP contribution in [-0.2, 0) is 9.59 Å². The van der Waals surface area contributed by atoms with Crippen LogP contribution in [0.2, 0.25) is 0 Å². The van der Waals surface area contributed by atoms with E-state index >= 15 is 0 Å². The molecule has 1 aliphatic rings. The summed E-state index contributed by atoms with van der Waals surface area (Å²) < 4.78 is 0. The van der Waals surface area contributed by atoms with Gasteiger partial charge in [0.25, 0.3) is 0 Å². The quantitative estimate of drug-likeness (QED) is 0.675. The van der Waals surface area contributed by atoms with Crippen LogP contribution < -0.4 is 15.1 Å². The van der Waals surface area contributed by atoms with Crippen molar-refractivity contribution in [1.29, 1.82) is 0 Å². The molecule has 2 amide bonds. The van der Waals surface area contributed by atoms with Gasteiger partial charge in [-0.3, -0.25) is 9.59 Å². The zero-order valence-corrected chi connectivity index (χ0v) is 17.0. The van der Waals surface area contributed by atoms with E-state index in [-0.39, 0.29) is 11.8 Å². The van der Waals surface area contributed by atoms with E-state index in [4.69, 9.17) is 0 Å². The minimum Gasteiger partial charge on any atom is -0.372 e. The number of piperidine rings is 1. The number of rotatable bonds is 9. The molecule has 0 atom stereocenters. The monoisotopic (exact) mass is 374 g/mol. The molecule has 150 valence electrons. The highest BCUT2D eigenvalue weighted by Crippen LogP contribution is 2.24. The van der Waals surface area contributed by atoms with Crippen LogP contribution in [0.4, 0.5) is 11.4 Å². The number of hydrogen-bond acceptors (Lipinski definition) is 4. The lowest BCUT2D eigenvalue weighted by molar-refractivity contribution is -0.121. The van der Waals surface area contributed by atoms with Gasteiger partial charge in [-0.1, -0.05) is 0 Å². The Labute approximate surface area is 163 Å². The first kappa shape index (κ1) is 21.2. The summed E-state index contributed by atoms with van der Waals surface area (Å²) in [5, 5.41) is 2.93. The molecular weight excluding hydrogens is 340 g/mol. The van der Waals surface area contributed by atoms with Crippen LogP contribution in [0.3, 0.4) is 0 Å². The van der Waals surface area contributed by atoms with Crippen LogP contribution in [0, 0.1) is 0 Å². The topological polar surface area (TPSA) is 55.9 Å². The van der Waals surface area contributed by atoms with E-state index in [1.807, 2.05) is 26.2 Å². The molecule has 27 heavy (non-hydrogen) atoms. The predicted molar refractivity (Wildman–Crippen MR) is 111 cm³/mol. The van der Waals surface area contributed by atoms with Crippen molar-refractivity contribution in [3.63, 3.8) is 0 Å². The maximum atomic E-state index is 12.1. The second-order valence-corrected chi connectivity index (χ2v) is 7.49. The van der Waals surface area contributed by atoms with Crippen LogP contribution in [0.15, 0.2) is 24.3 Å². The van der Waals surface area contributed by atoms with Crippen molar-refractivity contribution in [2.75, 3.05) is 56.6 Å². The third-order valence-electron chi connectivity index (χ3n) is 4.93. The number of carbonyl (C=O) groups is 2. The van der Waals surface area contributed by atoms with E-state index in [0.29, 0.717) is 19.5 Å². The average Bonchev–Trinajstić information content (AvgIpc) is 2.66. The zero-order valence-electron chi connectivity index (χ0n) is 17.0. The van der Waals surface area contributed by atoms with Crippen molar-refractivity contribution in [2.45, 2.75) is 39.0 Å². The smallest absolute Gasteiger partial charge is 0.223 e. The number of hydrogen-bond donors (Lipinski definition) is 1. The fraction of sp³-hybridized carbons (Fsp3) is 0.619. The summed E-state index contributed by atoms with van der Waals surface area (Å²) in [6.45, 7) is 5.77. The Kier molecular flexibility index (Phi) is 8.58. The second kappa shape index (κ2) is 10.9. The first-order valence-electron chi connectivity index (χ1n) is 10.0. The van der Waals surface area contributed by atoms with Gasteiger partial charge in [-0.25, -0.2) is 0 Å². The van der Waals surface area contributed by atoms with Crippen LogP contribution >= 0.6 is 0 Å². The molecule has 0 bridgehead atoms. The highest BCUT2D eigenvalue weighted by molar-refractivity contribution is 5.92. The highest BCUT2D eigenvalue weighted by Gasteiger charge is 2.15. The Hall–Kier alpha value is -2.08. The minimum absolute atomic E-state index is 0.00931. The Balaban J connectivity index is 1.85. The number of amides is 2. The summed E-state index contributed by atoms with van der Waals surface area (Å²) >= 11 is 0. The molecule has 0 aliphatic carbocycles. The van der Waals surface area contributed by atoms with Gasteiger partial charge < -0.3 is 20.0 Å². The van der Waals surface area contributed by atoms with E-state index in [1.54, 1.807) is 11.8 Å². The Morgan fingerprint density at radius 1 is 1.04 bits per heavy atom. The number of nitrogens with zero attached hydrogens (tertiary/aromatic N) is 3. The standard InChI is InChI=1S/C21H34N4O2/c1-18(26)25(17-12-21(27)22-13-7-14-23(2)3)20-10-8-19(9-11-20)24-15-5-4-6-16-24/h8-11H,4-7,12-17H2,1-3H3,(H,22,27). The molecule has 1 saturated heterocycles. The van der Waals surface area contributed by atoms with Crippen molar-refractivity contribution in [2.24, 2.45) is 0 Å². The second-order valence-electron chi connectivity index (χ2n) is 7.49.